The van der Waals surface area contributed by atoms with Gasteiger partial charge in [-0.2, -0.15) is 0 Å². The first-order valence-electron chi connectivity index (χ1n) is 9.16. The minimum Gasteiger partial charge on any atom is -0.373 e. The van der Waals surface area contributed by atoms with Crippen LogP contribution in [0.15, 0.2) is 12.3 Å². The van der Waals surface area contributed by atoms with Gasteiger partial charge in [0.05, 0.1) is 17.1 Å². The molecule has 7 heteroatoms. The van der Waals surface area contributed by atoms with Crippen LogP contribution < -0.4 is 4.90 Å². The normalized spacial score (nSPS) is 26.0. The van der Waals surface area contributed by atoms with E-state index in [1.807, 2.05) is 6.07 Å². The molecular formula is C18H28N4O3. The first kappa shape index (κ1) is 18.1. The van der Waals surface area contributed by atoms with E-state index in [0.29, 0.717) is 23.7 Å². The maximum absolute atomic E-state index is 10.9. The molecule has 2 atom stereocenters. The second kappa shape index (κ2) is 7.66. The fraction of sp³-hybridized carbons (Fsp3) is 0.722. The average molecular weight is 348 g/mol. The van der Waals surface area contributed by atoms with Gasteiger partial charge in [-0.25, -0.2) is 4.98 Å². The van der Waals surface area contributed by atoms with E-state index in [1.54, 1.807) is 6.92 Å². The second-order valence-electron chi connectivity index (χ2n) is 7.49. The summed E-state index contributed by atoms with van der Waals surface area (Å²) in [6.07, 6.45) is 4.29. The van der Waals surface area contributed by atoms with Crippen LogP contribution in [-0.4, -0.2) is 59.7 Å². The lowest BCUT2D eigenvalue weighted by Crippen LogP contribution is -2.48. The molecule has 138 valence electrons. The Kier molecular flexibility index (Phi) is 5.54. The lowest BCUT2D eigenvalue weighted by Gasteiger charge is -2.39. The molecule has 0 radical (unpaired) electrons. The summed E-state index contributed by atoms with van der Waals surface area (Å²) < 4.78 is 5.81. The minimum atomic E-state index is -0.372. The number of nitrogens with zero attached hydrogens (tertiary/aromatic N) is 4. The van der Waals surface area contributed by atoms with Gasteiger partial charge in [0, 0.05) is 38.3 Å². The number of aromatic nitrogens is 1. The van der Waals surface area contributed by atoms with Crippen LogP contribution in [0.1, 0.15) is 32.3 Å². The molecule has 0 spiro atoms. The lowest BCUT2D eigenvalue weighted by molar-refractivity contribution is -0.385. The van der Waals surface area contributed by atoms with Crippen LogP contribution in [0.2, 0.25) is 0 Å². The maximum atomic E-state index is 10.9. The van der Waals surface area contributed by atoms with E-state index < -0.39 is 0 Å². The predicted molar refractivity (Wildman–Crippen MR) is 97.0 cm³/mol. The van der Waals surface area contributed by atoms with Gasteiger partial charge in [0.15, 0.2) is 0 Å². The lowest BCUT2D eigenvalue weighted by atomic mass is 9.95. The topological polar surface area (TPSA) is 71.7 Å². The van der Waals surface area contributed by atoms with E-state index in [4.69, 9.17) is 4.74 Å². The summed E-state index contributed by atoms with van der Waals surface area (Å²) in [6, 6.07) is 1.84. The van der Waals surface area contributed by atoms with Crippen LogP contribution in [0.5, 0.6) is 0 Å². The summed E-state index contributed by atoms with van der Waals surface area (Å²) in [7, 11) is 0. The highest BCUT2D eigenvalue weighted by atomic mass is 16.6. The number of nitro groups is 1. The van der Waals surface area contributed by atoms with Crippen molar-refractivity contribution >= 4 is 11.5 Å². The maximum Gasteiger partial charge on any atom is 0.290 e. The number of piperidine rings is 1. The Morgan fingerprint density at radius 3 is 2.48 bits per heavy atom. The van der Waals surface area contributed by atoms with Crippen molar-refractivity contribution in [2.24, 2.45) is 5.92 Å². The Morgan fingerprint density at radius 2 is 1.92 bits per heavy atom. The van der Waals surface area contributed by atoms with Gasteiger partial charge >= 0.3 is 0 Å². The van der Waals surface area contributed by atoms with Crippen molar-refractivity contribution in [2.75, 3.05) is 37.6 Å². The minimum absolute atomic E-state index is 0.0918. The molecule has 2 fully saturated rings. The third-order valence-corrected chi connectivity index (χ3v) is 5.22. The molecule has 0 bridgehead atoms. The molecular weight excluding hydrogens is 320 g/mol. The fourth-order valence-corrected chi connectivity index (χ4v) is 4.04. The molecule has 25 heavy (non-hydrogen) atoms. The van der Waals surface area contributed by atoms with Crippen LogP contribution in [0.4, 0.5) is 11.5 Å². The molecule has 3 rings (SSSR count). The summed E-state index contributed by atoms with van der Waals surface area (Å²) in [5.41, 5.74) is 0.766. The molecule has 0 saturated carbocycles. The van der Waals surface area contributed by atoms with E-state index in [-0.39, 0.29) is 10.6 Å². The summed E-state index contributed by atoms with van der Waals surface area (Å²) in [4.78, 5) is 19.6. The first-order valence-corrected chi connectivity index (χ1v) is 9.16. The SMILES string of the molecule is Cc1cc(N2CCC(CN3CC(C)OC(C)C3)CC2)ncc1[N+](=O)[O-]. The van der Waals surface area contributed by atoms with Crippen LogP contribution in [0.25, 0.3) is 0 Å². The van der Waals surface area contributed by atoms with Gasteiger partial charge in [-0.3, -0.25) is 15.0 Å². The van der Waals surface area contributed by atoms with Gasteiger partial charge in [0.2, 0.25) is 0 Å². The number of anilines is 1. The molecule has 7 nitrogen and oxygen atoms in total. The number of aryl methyl sites for hydroxylation is 1. The quantitative estimate of drug-likeness (QED) is 0.615. The van der Waals surface area contributed by atoms with Crippen molar-refractivity contribution in [1.82, 2.24) is 9.88 Å². The van der Waals surface area contributed by atoms with Crippen molar-refractivity contribution in [3.05, 3.63) is 27.9 Å². The Balaban J connectivity index is 1.53. The van der Waals surface area contributed by atoms with Crippen molar-refractivity contribution in [2.45, 2.75) is 45.8 Å². The standard InChI is InChI=1S/C18H28N4O3/c1-13-8-18(19-9-17(13)22(23)24)21-6-4-16(5-7-21)12-20-10-14(2)25-15(3)11-20/h8-9,14-16H,4-7,10-12H2,1-3H3. The number of rotatable bonds is 4. The second-order valence-corrected chi connectivity index (χ2v) is 7.49. The van der Waals surface area contributed by atoms with E-state index >= 15 is 0 Å². The molecule has 2 aliphatic heterocycles. The summed E-state index contributed by atoms with van der Waals surface area (Å²) in [5.74, 6) is 1.56. The van der Waals surface area contributed by atoms with E-state index in [2.05, 4.69) is 28.6 Å². The van der Waals surface area contributed by atoms with Crippen LogP contribution >= 0.6 is 0 Å². The molecule has 0 aromatic carbocycles. The Labute approximate surface area is 149 Å². The third kappa shape index (κ3) is 4.46. The van der Waals surface area contributed by atoms with Gasteiger partial charge in [0.1, 0.15) is 12.0 Å². The fourth-order valence-electron chi connectivity index (χ4n) is 4.04. The van der Waals surface area contributed by atoms with Crippen molar-refractivity contribution < 1.29 is 9.66 Å². The number of hydrogen-bond donors (Lipinski definition) is 0. The van der Waals surface area contributed by atoms with Gasteiger partial charge < -0.3 is 9.64 Å². The van der Waals surface area contributed by atoms with E-state index in [9.17, 15) is 10.1 Å². The Hall–Kier alpha value is -1.73. The smallest absolute Gasteiger partial charge is 0.290 e. The molecule has 2 saturated heterocycles. The van der Waals surface area contributed by atoms with Crippen molar-refractivity contribution in [3.63, 3.8) is 0 Å². The van der Waals surface area contributed by atoms with Crippen LogP contribution in [0.3, 0.4) is 0 Å². The molecule has 1 aromatic rings. The largest absolute Gasteiger partial charge is 0.373 e. The number of ether oxygens (including phenoxy) is 1. The van der Waals surface area contributed by atoms with Crippen molar-refractivity contribution in [1.29, 1.82) is 0 Å². The highest BCUT2D eigenvalue weighted by molar-refractivity contribution is 5.48. The van der Waals surface area contributed by atoms with Crippen molar-refractivity contribution in [3.8, 4) is 0 Å². The van der Waals surface area contributed by atoms with Crippen LogP contribution in [-0.2, 0) is 4.74 Å². The monoisotopic (exact) mass is 348 g/mol. The molecule has 2 aliphatic rings. The molecule has 0 aliphatic carbocycles. The van der Waals surface area contributed by atoms with Gasteiger partial charge in [-0.1, -0.05) is 0 Å². The molecule has 1 aromatic heterocycles. The van der Waals surface area contributed by atoms with E-state index in [1.165, 1.54) is 6.20 Å². The Morgan fingerprint density at radius 1 is 1.28 bits per heavy atom. The zero-order valence-electron chi connectivity index (χ0n) is 15.4. The summed E-state index contributed by atoms with van der Waals surface area (Å²) in [5, 5.41) is 10.9. The molecule has 0 N–H and O–H groups in total. The molecule has 3 heterocycles. The number of morpholine rings is 1. The summed E-state index contributed by atoms with van der Waals surface area (Å²) >= 11 is 0. The Bertz CT molecular complexity index is 606. The molecule has 2 unspecified atom stereocenters. The van der Waals surface area contributed by atoms with Gasteiger partial charge in [-0.05, 0) is 45.6 Å². The highest BCUT2D eigenvalue weighted by Gasteiger charge is 2.27. The zero-order valence-corrected chi connectivity index (χ0v) is 15.4. The first-order chi connectivity index (χ1) is 11.9. The highest BCUT2D eigenvalue weighted by Crippen LogP contribution is 2.26. The predicted octanol–water partition coefficient (Wildman–Crippen LogP) is 2.62. The zero-order chi connectivity index (χ0) is 18.0. The third-order valence-electron chi connectivity index (χ3n) is 5.22. The number of pyridine rings is 1. The van der Waals surface area contributed by atoms with Gasteiger partial charge in [-0.15, -0.1) is 0 Å². The van der Waals surface area contributed by atoms with Crippen LogP contribution in [0, 0.1) is 23.0 Å². The van der Waals surface area contributed by atoms with E-state index in [0.717, 1.165) is 51.4 Å². The van der Waals surface area contributed by atoms with Gasteiger partial charge in [0.25, 0.3) is 5.69 Å². The summed E-state index contributed by atoms with van der Waals surface area (Å²) in [6.45, 7) is 11.2. The molecule has 0 amide bonds. The average Bonchev–Trinajstić information content (AvgIpc) is 2.54. The number of hydrogen-bond acceptors (Lipinski definition) is 6.